The number of carbonyl (C=O) groups excluding carboxylic acids is 1. The summed E-state index contributed by atoms with van der Waals surface area (Å²) in [6.07, 6.45) is 7.85. The number of esters is 1. The molecule has 2 aliphatic carbocycles. The molecule has 5 rings (SSSR count). The van der Waals surface area contributed by atoms with Crippen LogP contribution in [0.25, 0.3) is 10.9 Å². The van der Waals surface area contributed by atoms with Gasteiger partial charge < -0.3 is 14.2 Å². The highest BCUT2D eigenvalue weighted by Crippen LogP contribution is 2.45. The minimum absolute atomic E-state index is 0.0399. The van der Waals surface area contributed by atoms with Gasteiger partial charge in [0.2, 0.25) is 0 Å². The molecule has 1 saturated heterocycles. The molecule has 1 aromatic carbocycles. The number of likely N-dealkylation sites (N-methyl/N-ethyl adjacent to an activating group) is 1. The Kier molecular flexibility index (Phi) is 4.50. The van der Waals surface area contributed by atoms with Gasteiger partial charge in [-0.1, -0.05) is 18.6 Å². The summed E-state index contributed by atoms with van der Waals surface area (Å²) in [5, 5.41) is 1.48. The predicted molar refractivity (Wildman–Crippen MR) is 112 cm³/mol. The molecule has 0 radical (unpaired) electrons. The van der Waals surface area contributed by atoms with E-state index >= 15 is 0 Å². The Morgan fingerprint density at radius 2 is 2.11 bits per heavy atom. The lowest BCUT2D eigenvalue weighted by atomic mass is 9.72. The average molecular weight is 381 g/mol. The lowest BCUT2D eigenvalue weighted by Crippen LogP contribution is -2.49. The molecule has 150 valence electrons. The smallest absolute Gasteiger partial charge is 0.308 e. The van der Waals surface area contributed by atoms with E-state index in [2.05, 4.69) is 54.8 Å². The van der Waals surface area contributed by atoms with Crippen LogP contribution in [0.5, 0.6) is 0 Å². The summed E-state index contributed by atoms with van der Waals surface area (Å²) in [7, 11) is 2.25. The van der Waals surface area contributed by atoms with Crippen LogP contribution in [0.4, 0.5) is 0 Å². The quantitative estimate of drug-likeness (QED) is 0.731. The zero-order valence-corrected chi connectivity index (χ0v) is 17.4. The maximum Gasteiger partial charge on any atom is 0.308 e. The van der Waals surface area contributed by atoms with Crippen LogP contribution in [0.3, 0.4) is 0 Å². The minimum Gasteiger partial charge on any atom is -0.465 e. The van der Waals surface area contributed by atoms with Gasteiger partial charge in [-0.25, -0.2) is 0 Å². The normalized spacial score (nSPS) is 27.6. The highest BCUT2D eigenvalue weighted by molar-refractivity contribution is 5.89. The van der Waals surface area contributed by atoms with E-state index in [1.807, 2.05) is 0 Å². The first kappa shape index (κ1) is 18.2. The second-order valence-corrected chi connectivity index (χ2v) is 9.57. The van der Waals surface area contributed by atoms with Crippen LogP contribution in [-0.4, -0.2) is 41.7 Å². The fraction of sp³-hybridized carbons (Fsp3) is 0.625. The number of nitrogens with zero attached hydrogens (tertiary/aromatic N) is 2. The van der Waals surface area contributed by atoms with Crippen molar-refractivity contribution in [3.05, 3.63) is 35.5 Å². The van der Waals surface area contributed by atoms with Crippen LogP contribution in [0.1, 0.15) is 62.6 Å². The number of likely N-dealkylation sites (tertiary alicyclic amines) is 1. The Balaban J connectivity index is 1.40. The van der Waals surface area contributed by atoms with Gasteiger partial charge in [-0.3, -0.25) is 4.79 Å². The van der Waals surface area contributed by atoms with Crippen molar-refractivity contribution < 1.29 is 9.53 Å². The Morgan fingerprint density at radius 1 is 1.29 bits per heavy atom. The molecule has 3 aliphatic rings. The second-order valence-electron chi connectivity index (χ2n) is 9.57. The van der Waals surface area contributed by atoms with E-state index in [-0.39, 0.29) is 11.9 Å². The molecule has 28 heavy (non-hydrogen) atoms. The van der Waals surface area contributed by atoms with Crippen molar-refractivity contribution in [2.45, 2.75) is 64.0 Å². The van der Waals surface area contributed by atoms with Crippen LogP contribution in [0.2, 0.25) is 0 Å². The van der Waals surface area contributed by atoms with Crippen molar-refractivity contribution in [3.8, 4) is 0 Å². The summed E-state index contributed by atoms with van der Waals surface area (Å²) in [4.78, 5) is 14.7. The first-order valence-electron chi connectivity index (χ1n) is 11.0. The van der Waals surface area contributed by atoms with E-state index in [1.165, 1.54) is 28.5 Å². The molecule has 1 aromatic heterocycles. The van der Waals surface area contributed by atoms with E-state index in [1.54, 1.807) is 0 Å². The zero-order valence-electron chi connectivity index (χ0n) is 17.4. The molecule has 0 amide bonds. The molecule has 1 aliphatic heterocycles. The van der Waals surface area contributed by atoms with Crippen LogP contribution in [0, 0.1) is 11.8 Å². The second kappa shape index (κ2) is 6.91. The van der Waals surface area contributed by atoms with Crippen LogP contribution in [0.15, 0.2) is 24.4 Å². The topological polar surface area (TPSA) is 34.5 Å². The van der Waals surface area contributed by atoms with E-state index in [0.29, 0.717) is 30.5 Å². The number of hydrogen-bond donors (Lipinski definition) is 0. The van der Waals surface area contributed by atoms with Gasteiger partial charge in [0, 0.05) is 47.6 Å². The fourth-order valence-corrected chi connectivity index (χ4v) is 5.70. The molecule has 0 unspecified atom stereocenters. The maximum absolute atomic E-state index is 12.2. The van der Waals surface area contributed by atoms with Gasteiger partial charge in [0.05, 0.1) is 12.5 Å². The van der Waals surface area contributed by atoms with Crippen molar-refractivity contribution in [2.24, 2.45) is 11.8 Å². The van der Waals surface area contributed by atoms with Gasteiger partial charge in [-0.05, 0) is 63.8 Å². The summed E-state index contributed by atoms with van der Waals surface area (Å²) in [5.41, 5.74) is 4.38. The molecule has 0 bridgehead atoms. The average Bonchev–Trinajstić information content (AvgIpc) is 3.00. The van der Waals surface area contributed by atoms with Gasteiger partial charge in [-0.2, -0.15) is 0 Å². The molecule has 2 aromatic rings. The van der Waals surface area contributed by atoms with Crippen molar-refractivity contribution in [3.63, 3.8) is 0 Å². The highest BCUT2D eigenvalue weighted by atomic mass is 16.5. The number of fused-ring (bicyclic) bond motifs is 2. The van der Waals surface area contributed by atoms with Crippen molar-refractivity contribution in [1.29, 1.82) is 0 Å². The summed E-state index contributed by atoms with van der Waals surface area (Å²) in [6, 6.07) is 7.86. The summed E-state index contributed by atoms with van der Waals surface area (Å²) in [6.45, 7) is 6.13. The lowest BCUT2D eigenvalue weighted by molar-refractivity contribution is -0.153. The van der Waals surface area contributed by atoms with E-state index < -0.39 is 0 Å². The number of ether oxygens (including phenoxy) is 1. The first-order valence-corrected chi connectivity index (χ1v) is 11.0. The van der Waals surface area contributed by atoms with Gasteiger partial charge in [0.15, 0.2) is 0 Å². The largest absolute Gasteiger partial charge is 0.465 e. The number of carbonyl (C=O) groups is 1. The number of benzene rings is 1. The van der Waals surface area contributed by atoms with Gasteiger partial charge in [0.25, 0.3) is 0 Å². The molecule has 4 heteroatoms. The van der Waals surface area contributed by atoms with Crippen LogP contribution < -0.4 is 0 Å². The van der Waals surface area contributed by atoms with E-state index in [0.717, 1.165) is 32.2 Å². The highest BCUT2D eigenvalue weighted by Gasteiger charge is 2.40. The third-order valence-corrected chi connectivity index (χ3v) is 7.42. The van der Waals surface area contributed by atoms with Crippen LogP contribution >= 0.6 is 0 Å². The third kappa shape index (κ3) is 2.88. The molecule has 3 atom stereocenters. The van der Waals surface area contributed by atoms with Gasteiger partial charge in [0.1, 0.15) is 0 Å². The Labute approximate surface area is 167 Å². The molecular weight excluding hydrogens is 348 g/mol. The van der Waals surface area contributed by atoms with E-state index in [4.69, 9.17) is 4.74 Å². The first-order chi connectivity index (χ1) is 13.5. The molecule has 4 nitrogen and oxygen atoms in total. The molecule has 0 N–H and O–H groups in total. The van der Waals surface area contributed by atoms with Crippen molar-refractivity contribution in [2.75, 3.05) is 20.2 Å². The number of aromatic nitrogens is 1. The molecule has 1 saturated carbocycles. The monoisotopic (exact) mass is 380 g/mol. The molecule has 0 spiro atoms. The standard InChI is InChI=1S/C24H32N2O2/c1-15(2)26-13-18-11-22-20(19-8-5-9-21(26)23(18)19)10-16(12-25(22)3)14-28-24(27)17-6-4-7-17/h5,8-9,13,15-17,20,22H,4,6-7,10-12,14H2,1-3H3/t16-,20-,22-/m1/s1. The summed E-state index contributed by atoms with van der Waals surface area (Å²) >= 11 is 0. The number of piperidine rings is 1. The predicted octanol–water partition coefficient (Wildman–Crippen LogP) is 4.53. The van der Waals surface area contributed by atoms with Gasteiger partial charge in [-0.15, -0.1) is 0 Å². The number of hydrogen-bond acceptors (Lipinski definition) is 3. The van der Waals surface area contributed by atoms with Crippen molar-refractivity contribution >= 4 is 16.9 Å². The Bertz CT molecular complexity index is 895. The Morgan fingerprint density at radius 3 is 2.82 bits per heavy atom. The van der Waals surface area contributed by atoms with Crippen LogP contribution in [-0.2, 0) is 16.0 Å². The lowest BCUT2D eigenvalue weighted by Gasteiger charge is -2.45. The SMILES string of the molecule is CC(C)n1cc2c3c(cccc31)[C@H]1C[C@@H](COC(=O)C3CCC3)CN(C)[C@@H]1C2. The maximum atomic E-state index is 12.2. The summed E-state index contributed by atoms with van der Waals surface area (Å²) < 4.78 is 8.16. The number of rotatable bonds is 4. The third-order valence-electron chi connectivity index (χ3n) is 7.42. The van der Waals surface area contributed by atoms with Crippen molar-refractivity contribution in [1.82, 2.24) is 9.47 Å². The van der Waals surface area contributed by atoms with Gasteiger partial charge >= 0.3 is 5.97 Å². The molecule has 2 fully saturated rings. The Hall–Kier alpha value is -1.81. The van der Waals surface area contributed by atoms with E-state index in [9.17, 15) is 4.79 Å². The summed E-state index contributed by atoms with van der Waals surface area (Å²) in [5.74, 6) is 1.18. The fourth-order valence-electron chi connectivity index (χ4n) is 5.70. The molecular formula is C24H32N2O2. The zero-order chi connectivity index (χ0) is 19.4. The minimum atomic E-state index is 0.0399. The molecule has 2 heterocycles.